The van der Waals surface area contributed by atoms with Gasteiger partial charge in [-0.3, -0.25) is 4.79 Å². The molecule has 1 amide bonds. The maximum atomic E-state index is 13.7. The highest BCUT2D eigenvalue weighted by atomic mass is 19.1. The third kappa shape index (κ3) is 3.91. The van der Waals surface area contributed by atoms with Gasteiger partial charge in [0.05, 0.1) is 17.8 Å². The lowest BCUT2D eigenvalue weighted by Gasteiger charge is -2.04. The summed E-state index contributed by atoms with van der Waals surface area (Å²) in [5, 5.41) is 14.9. The van der Waals surface area contributed by atoms with Crippen LogP contribution in [0.2, 0.25) is 0 Å². The quantitative estimate of drug-likeness (QED) is 0.837. The molecule has 1 aromatic carbocycles. The van der Waals surface area contributed by atoms with E-state index in [1.807, 2.05) is 0 Å². The van der Waals surface area contributed by atoms with Crippen molar-refractivity contribution in [2.75, 3.05) is 6.61 Å². The average Bonchev–Trinajstić information content (AvgIpc) is 2.89. The number of aryl methyl sites for hydroxylation is 1. The second kappa shape index (κ2) is 6.68. The van der Waals surface area contributed by atoms with Crippen molar-refractivity contribution in [1.82, 2.24) is 10.5 Å². The number of hydrogen-bond acceptors (Lipinski definition) is 4. The summed E-state index contributed by atoms with van der Waals surface area (Å²) in [5.41, 5.74) is 1.03. The Bertz CT molecular complexity index is 713. The van der Waals surface area contributed by atoms with Crippen LogP contribution in [0, 0.1) is 24.6 Å². The molecule has 108 valence electrons. The van der Waals surface area contributed by atoms with Gasteiger partial charge in [-0.2, -0.15) is 0 Å². The number of carbonyl (C=O) groups is 1. The number of hydrogen-bond donors (Lipinski definition) is 2. The number of aromatic nitrogens is 1. The molecule has 0 saturated heterocycles. The van der Waals surface area contributed by atoms with E-state index < -0.39 is 11.7 Å². The molecule has 5 nitrogen and oxygen atoms in total. The maximum absolute atomic E-state index is 13.7. The summed E-state index contributed by atoms with van der Waals surface area (Å²) in [7, 11) is 0. The first-order chi connectivity index (χ1) is 10.1. The molecule has 0 bridgehead atoms. The smallest absolute Gasteiger partial charge is 0.251 e. The largest absolute Gasteiger partial charge is 0.384 e. The molecule has 0 spiro atoms. The van der Waals surface area contributed by atoms with E-state index in [1.165, 1.54) is 12.1 Å². The second-order valence-corrected chi connectivity index (χ2v) is 4.27. The van der Waals surface area contributed by atoms with Crippen LogP contribution in [0.1, 0.15) is 27.4 Å². The van der Waals surface area contributed by atoms with Gasteiger partial charge in [-0.05, 0) is 25.1 Å². The molecule has 0 saturated carbocycles. The number of aliphatic hydroxyl groups excluding tert-OH is 1. The molecule has 0 unspecified atom stereocenters. The molecule has 0 aliphatic carbocycles. The highest BCUT2D eigenvalue weighted by Crippen LogP contribution is 2.10. The van der Waals surface area contributed by atoms with Crippen molar-refractivity contribution >= 4 is 5.91 Å². The minimum atomic E-state index is -0.612. The van der Waals surface area contributed by atoms with E-state index in [4.69, 9.17) is 9.63 Å². The Morgan fingerprint density at radius 2 is 2.29 bits per heavy atom. The van der Waals surface area contributed by atoms with Gasteiger partial charge in [0.2, 0.25) is 0 Å². The summed E-state index contributed by atoms with van der Waals surface area (Å²) in [6.45, 7) is 1.60. The number of amides is 1. The van der Waals surface area contributed by atoms with E-state index in [0.29, 0.717) is 5.76 Å². The molecule has 0 radical (unpaired) electrons. The number of nitrogens with one attached hydrogen (secondary N) is 1. The molecule has 2 aromatic rings. The number of halogens is 1. The highest BCUT2D eigenvalue weighted by molar-refractivity contribution is 5.94. The lowest BCUT2D eigenvalue weighted by molar-refractivity contribution is 0.0946. The monoisotopic (exact) mass is 288 g/mol. The molecule has 0 aliphatic heterocycles. The van der Waals surface area contributed by atoms with Gasteiger partial charge in [-0.15, -0.1) is 0 Å². The van der Waals surface area contributed by atoms with Gasteiger partial charge in [0.1, 0.15) is 12.4 Å². The van der Waals surface area contributed by atoms with E-state index in [9.17, 15) is 9.18 Å². The zero-order valence-corrected chi connectivity index (χ0v) is 11.3. The molecular weight excluding hydrogens is 275 g/mol. The number of aliphatic hydroxyl groups is 1. The predicted octanol–water partition coefficient (Wildman–Crippen LogP) is 1.40. The lowest BCUT2D eigenvalue weighted by Crippen LogP contribution is -2.22. The summed E-state index contributed by atoms with van der Waals surface area (Å²) in [4.78, 5) is 11.9. The summed E-state index contributed by atoms with van der Waals surface area (Å²) < 4.78 is 18.7. The molecular formula is C15H13FN2O3. The molecule has 2 rings (SSSR count). The standard InChI is InChI=1S/C15H13FN2O3/c1-10-7-13(21-18-10)9-17-15(20)12-5-4-11(3-2-6-19)14(16)8-12/h4-5,7-8,19H,6,9H2,1H3,(H,17,20). The number of benzene rings is 1. The van der Waals surface area contributed by atoms with E-state index in [-0.39, 0.29) is 24.3 Å². The Hall–Kier alpha value is -2.65. The Morgan fingerprint density at radius 3 is 2.90 bits per heavy atom. The molecule has 0 fully saturated rings. The van der Waals surface area contributed by atoms with Crippen molar-refractivity contribution in [2.24, 2.45) is 0 Å². The van der Waals surface area contributed by atoms with Crippen LogP contribution in [0.15, 0.2) is 28.8 Å². The predicted molar refractivity (Wildman–Crippen MR) is 72.8 cm³/mol. The van der Waals surface area contributed by atoms with Crippen LogP contribution >= 0.6 is 0 Å². The molecule has 2 N–H and O–H groups in total. The third-order valence-electron chi connectivity index (χ3n) is 2.63. The normalized spacial score (nSPS) is 9.86. The minimum Gasteiger partial charge on any atom is -0.384 e. The Morgan fingerprint density at radius 1 is 1.48 bits per heavy atom. The average molecular weight is 288 g/mol. The Labute approximate surface area is 120 Å². The van der Waals surface area contributed by atoms with Gasteiger partial charge in [0.15, 0.2) is 5.76 Å². The number of carbonyl (C=O) groups excluding carboxylic acids is 1. The number of nitrogens with zero attached hydrogens (tertiary/aromatic N) is 1. The molecule has 0 aliphatic rings. The van der Waals surface area contributed by atoms with Crippen molar-refractivity contribution in [2.45, 2.75) is 13.5 Å². The van der Waals surface area contributed by atoms with Crippen LogP contribution < -0.4 is 5.32 Å². The fraction of sp³-hybridized carbons (Fsp3) is 0.200. The summed E-state index contributed by atoms with van der Waals surface area (Å²) in [5.74, 6) is 4.29. The first-order valence-electron chi connectivity index (χ1n) is 6.20. The Kier molecular flexibility index (Phi) is 4.69. The number of rotatable bonds is 3. The van der Waals surface area contributed by atoms with Gasteiger partial charge in [-0.25, -0.2) is 4.39 Å². The molecule has 0 atom stereocenters. The van der Waals surface area contributed by atoms with Crippen molar-refractivity contribution in [1.29, 1.82) is 0 Å². The Balaban J connectivity index is 2.04. The van der Waals surface area contributed by atoms with E-state index in [2.05, 4.69) is 22.3 Å². The van der Waals surface area contributed by atoms with Crippen molar-refractivity contribution in [3.63, 3.8) is 0 Å². The van der Waals surface area contributed by atoms with Crippen LogP contribution in [0.3, 0.4) is 0 Å². The van der Waals surface area contributed by atoms with Crippen LogP contribution in [0.25, 0.3) is 0 Å². The molecule has 1 heterocycles. The van der Waals surface area contributed by atoms with Crippen molar-refractivity contribution in [3.05, 3.63) is 52.7 Å². The fourth-order valence-electron chi connectivity index (χ4n) is 1.66. The van der Waals surface area contributed by atoms with Gasteiger partial charge in [0, 0.05) is 11.6 Å². The van der Waals surface area contributed by atoms with E-state index >= 15 is 0 Å². The summed E-state index contributed by atoms with van der Waals surface area (Å²) in [6.07, 6.45) is 0. The highest BCUT2D eigenvalue weighted by Gasteiger charge is 2.10. The van der Waals surface area contributed by atoms with Gasteiger partial charge in [-0.1, -0.05) is 17.0 Å². The third-order valence-corrected chi connectivity index (χ3v) is 2.63. The zero-order valence-electron chi connectivity index (χ0n) is 11.3. The molecule has 6 heteroatoms. The summed E-state index contributed by atoms with van der Waals surface area (Å²) >= 11 is 0. The van der Waals surface area contributed by atoms with E-state index in [1.54, 1.807) is 13.0 Å². The van der Waals surface area contributed by atoms with Crippen molar-refractivity contribution in [3.8, 4) is 11.8 Å². The van der Waals surface area contributed by atoms with Crippen LogP contribution in [0.4, 0.5) is 4.39 Å². The topological polar surface area (TPSA) is 75.4 Å². The second-order valence-electron chi connectivity index (χ2n) is 4.27. The fourth-order valence-corrected chi connectivity index (χ4v) is 1.66. The summed E-state index contributed by atoms with van der Waals surface area (Å²) in [6, 6.07) is 5.66. The van der Waals surface area contributed by atoms with E-state index in [0.717, 1.165) is 11.8 Å². The molecule has 1 aromatic heterocycles. The minimum absolute atomic E-state index is 0.131. The van der Waals surface area contributed by atoms with Gasteiger partial charge < -0.3 is 14.9 Å². The molecule has 21 heavy (non-hydrogen) atoms. The first-order valence-corrected chi connectivity index (χ1v) is 6.20. The first kappa shape index (κ1) is 14.8. The zero-order chi connectivity index (χ0) is 15.2. The van der Waals surface area contributed by atoms with Gasteiger partial charge in [0.25, 0.3) is 5.91 Å². The van der Waals surface area contributed by atoms with Crippen LogP contribution in [-0.4, -0.2) is 22.8 Å². The van der Waals surface area contributed by atoms with Gasteiger partial charge >= 0.3 is 0 Å². The van der Waals surface area contributed by atoms with Crippen LogP contribution in [0.5, 0.6) is 0 Å². The SMILES string of the molecule is Cc1cc(CNC(=O)c2ccc(C#CCO)c(F)c2)on1. The maximum Gasteiger partial charge on any atom is 0.251 e. The lowest BCUT2D eigenvalue weighted by atomic mass is 10.1. The van der Waals surface area contributed by atoms with Crippen molar-refractivity contribution < 1.29 is 18.8 Å². The van der Waals surface area contributed by atoms with Crippen LogP contribution in [-0.2, 0) is 6.54 Å².